The largest absolute Gasteiger partial charge is 0.351 e. The van der Waals surface area contributed by atoms with Crippen molar-refractivity contribution in [1.82, 2.24) is 5.32 Å². The maximum absolute atomic E-state index is 12.6. The molecule has 0 unspecified atom stereocenters. The number of para-hydroxylation sites is 1. The molecule has 126 valence electrons. The van der Waals surface area contributed by atoms with Gasteiger partial charge in [-0.3, -0.25) is 4.79 Å². The molecule has 2 aromatic rings. The van der Waals surface area contributed by atoms with E-state index in [-0.39, 0.29) is 5.91 Å². The molecule has 2 aliphatic rings. The summed E-state index contributed by atoms with van der Waals surface area (Å²) in [6.07, 6.45) is 2.98. The molecule has 4 nitrogen and oxygen atoms in total. The summed E-state index contributed by atoms with van der Waals surface area (Å²) in [5.74, 6) is -0.0159. The van der Waals surface area contributed by atoms with E-state index in [1.165, 1.54) is 0 Å². The summed E-state index contributed by atoms with van der Waals surface area (Å²) in [6, 6.07) is 20.3. The molecule has 1 fully saturated rings. The first-order valence-corrected chi connectivity index (χ1v) is 8.72. The first-order valence-electron chi connectivity index (χ1n) is 8.72. The molecule has 1 spiro atoms. The normalized spacial score (nSPS) is 28.2. The fourth-order valence-corrected chi connectivity index (χ4v) is 4.32. The summed E-state index contributed by atoms with van der Waals surface area (Å²) in [5, 5.41) is 13.1. The van der Waals surface area contributed by atoms with Crippen LogP contribution in [0.3, 0.4) is 0 Å². The van der Waals surface area contributed by atoms with Gasteiger partial charge in [-0.05, 0) is 43.4 Å². The number of anilines is 1. The third-order valence-corrected chi connectivity index (χ3v) is 5.97. The number of amides is 1. The number of benzene rings is 2. The molecule has 1 aliphatic heterocycles. The molecule has 0 aromatic heterocycles. The predicted molar refractivity (Wildman–Crippen MR) is 97.2 cm³/mol. The van der Waals surface area contributed by atoms with Gasteiger partial charge in [-0.2, -0.15) is 5.26 Å². The van der Waals surface area contributed by atoms with Crippen molar-refractivity contribution >= 4 is 11.6 Å². The molecular weight excluding hydrogens is 310 g/mol. The van der Waals surface area contributed by atoms with Crippen LogP contribution < -0.4 is 10.2 Å². The topological polar surface area (TPSA) is 56.1 Å². The highest BCUT2D eigenvalue weighted by Gasteiger charge is 2.49. The van der Waals surface area contributed by atoms with Crippen molar-refractivity contribution in [2.75, 3.05) is 11.9 Å². The zero-order valence-corrected chi connectivity index (χ0v) is 14.3. The lowest BCUT2D eigenvalue weighted by Gasteiger charge is -2.52. The van der Waals surface area contributed by atoms with Gasteiger partial charge in [-0.1, -0.05) is 42.5 Å². The second-order valence-electron chi connectivity index (χ2n) is 7.12. The van der Waals surface area contributed by atoms with Crippen molar-refractivity contribution in [1.29, 1.82) is 5.26 Å². The Bertz CT molecular complexity index is 845. The van der Waals surface area contributed by atoms with Crippen LogP contribution in [-0.4, -0.2) is 18.6 Å². The molecule has 0 atom stereocenters. The smallest absolute Gasteiger partial charge is 0.255 e. The van der Waals surface area contributed by atoms with Crippen LogP contribution >= 0.6 is 0 Å². The van der Waals surface area contributed by atoms with Gasteiger partial charge in [0.25, 0.3) is 5.91 Å². The summed E-state index contributed by atoms with van der Waals surface area (Å²) in [7, 11) is 2.04. The number of nitrogens with one attached hydrogen (secondary N) is 1. The average molecular weight is 331 g/mol. The highest BCUT2D eigenvalue weighted by Crippen LogP contribution is 2.46. The monoisotopic (exact) mass is 331 g/mol. The molecular formula is C21H21N3O. The Morgan fingerprint density at radius 3 is 2.32 bits per heavy atom. The van der Waals surface area contributed by atoms with Crippen molar-refractivity contribution in [2.24, 2.45) is 0 Å². The van der Waals surface area contributed by atoms with E-state index in [4.69, 9.17) is 0 Å². The van der Waals surface area contributed by atoms with Gasteiger partial charge in [0.1, 0.15) is 5.66 Å². The number of fused-ring (bicyclic) bond motifs is 1. The first-order chi connectivity index (χ1) is 12.1. The quantitative estimate of drug-likeness (QED) is 0.869. The number of carbonyl (C=O) groups is 1. The lowest BCUT2D eigenvalue weighted by Crippen LogP contribution is -2.65. The summed E-state index contributed by atoms with van der Waals surface area (Å²) in [4.78, 5) is 14.8. The zero-order chi connectivity index (χ0) is 17.5. The van der Waals surface area contributed by atoms with Crippen LogP contribution in [0.25, 0.3) is 0 Å². The summed E-state index contributed by atoms with van der Waals surface area (Å²) in [6.45, 7) is 0. The zero-order valence-electron chi connectivity index (χ0n) is 14.3. The second kappa shape index (κ2) is 5.63. The van der Waals surface area contributed by atoms with E-state index in [9.17, 15) is 10.1 Å². The van der Waals surface area contributed by atoms with E-state index >= 15 is 0 Å². The molecule has 0 bridgehead atoms. The minimum absolute atomic E-state index is 0.0159. The first kappa shape index (κ1) is 15.7. The van der Waals surface area contributed by atoms with Gasteiger partial charge in [0.15, 0.2) is 0 Å². The van der Waals surface area contributed by atoms with E-state index in [1.807, 2.05) is 61.6 Å². The van der Waals surface area contributed by atoms with Crippen molar-refractivity contribution in [3.63, 3.8) is 0 Å². The summed E-state index contributed by atoms with van der Waals surface area (Å²) in [5.41, 5.74) is 1.90. The molecule has 1 saturated carbocycles. The maximum Gasteiger partial charge on any atom is 0.255 e. The Morgan fingerprint density at radius 1 is 1.00 bits per heavy atom. The van der Waals surface area contributed by atoms with E-state index in [0.717, 1.165) is 42.5 Å². The van der Waals surface area contributed by atoms with Crippen LogP contribution in [0.1, 0.15) is 41.6 Å². The fourth-order valence-electron chi connectivity index (χ4n) is 4.32. The average Bonchev–Trinajstić information content (AvgIpc) is 2.68. The van der Waals surface area contributed by atoms with Gasteiger partial charge in [0, 0.05) is 7.05 Å². The van der Waals surface area contributed by atoms with E-state index in [2.05, 4.69) is 16.3 Å². The van der Waals surface area contributed by atoms with Crippen molar-refractivity contribution in [3.8, 4) is 6.07 Å². The summed E-state index contributed by atoms with van der Waals surface area (Å²) < 4.78 is 0. The van der Waals surface area contributed by atoms with Crippen molar-refractivity contribution in [2.45, 2.75) is 36.8 Å². The van der Waals surface area contributed by atoms with E-state index in [1.54, 1.807) is 0 Å². The fraction of sp³-hybridized carbons (Fsp3) is 0.333. The third-order valence-electron chi connectivity index (χ3n) is 5.97. The minimum atomic E-state index is -0.463. The van der Waals surface area contributed by atoms with E-state index in [0.29, 0.717) is 0 Å². The molecule has 25 heavy (non-hydrogen) atoms. The molecule has 0 saturated heterocycles. The number of rotatable bonds is 1. The molecule has 0 radical (unpaired) electrons. The number of carbonyl (C=O) groups excluding carboxylic acids is 1. The van der Waals surface area contributed by atoms with Crippen molar-refractivity contribution < 1.29 is 4.79 Å². The highest BCUT2D eigenvalue weighted by atomic mass is 16.2. The Kier molecular flexibility index (Phi) is 3.54. The molecule has 1 N–H and O–H groups in total. The van der Waals surface area contributed by atoms with Crippen LogP contribution in [-0.2, 0) is 5.41 Å². The number of hydrogen-bond donors (Lipinski definition) is 1. The van der Waals surface area contributed by atoms with Gasteiger partial charge in [-0.15, -0.1) is 0 Å². The minimum Gasteiger partial charge on any atom is -0.351 e. The molecule has 1 aliphatic carbocycles. The lowest BCUT2D eigenvalue weighted by molar-refractivity contribution is 0.0828. The molecule has 1 amide bonds. The summed E-state index contributed by atoms with van der Waals surface area (Å²) >= 11 is 0. The Labute approximate surface area is 148 Å². The predicted octanol–water partition coefficient (Wildman–Crippen LogP) is 3.60. The lowest BCUT2D eigenvalue weighted by atomic mass is 9.66. The Hall–Kier alpha value is -2.80. The molecule has 4 rings (SSSR count). The molecule has 1 heterocycles. The Balaban J connectivity index is 1.66. The van der Waals surface area contributed by atoms with Gasteiger partial charge in [0.05, 0.1) is 22.7 Å². The second-order valence-corrected chi connectivity index (χ2v) is 7.12. The Morgan fingerprint density at radius 2 is 1.64 bits per heavy atom. The van der Waals surface area contributed by atoms with Crippen LogP contribution in [0, 0.1) is 11.3 Å². The number of nitrogens with zero attached hydrogens (tertiary/aromatic N) is 2. The number of nitriles is 1. The van der Waals surface area contributed by atoms with Gasteiger partial charge < -0.3 is 10.2 Å². The standard InChI is InChI=1S/C21H21N3O/c1-24-18-10-6-5-9-17(18)19(25)23-21(24)13-11-20(15-22,12-14-21)16-7-3-2-4-8-16/h2-10H,11-14H2,1H3,(H,23,25). The highest BCUT2D eigenvalue weighted by molar-refractivity contribution is 6.02. The molecule has 2 aromatic carbocycles. The SMILES string of the molecule is CN1c2ccccc2C(=O)NC12CCC(C#N)(c1ccccc1)CC2. The number of hydrogen-bond acceptors (Lipinski definition) is 3. The van der Waals surface area contributed by atoms with Crippen LogP contribution in [0.5, 0.6) is 0 Å². The molecule has 4 heteroatoms. The van der Waals surface area contributed by atoms with Crippen LogP contribution in [0.2, 0.25) is 0 Å². The van der Waals surface area contributed by atoms with Crippen LogP contribution in [0.15, 0.2) is 54.6 Å². The van der Waals surface area contributed by atoms with Gasteiger partial charge in [0.2, 0.25) is 0 Å². The van der Waals surface area contributed by atoms with Crippen molar-refractivity contribution in [3.05, 3.63) is 65.7 Å². The van der Waals surface area contributed by atoms with Gasteiger partial charge >= 0.3 is 0 Å². The van der Waals surface area contributed by atoms with E-state index < -0.39 is 11.1 Å². The maximum atomic E-state index is 12.6. The van der Waals surface area contributed by atoms with Crippen LogP contribution in [0.4, 0.5) is 5.69 Å². The van der Waals surface area contributed by atoms with Gasteiger partial charge in [-0.25, -0.2) is 0 Å². The third kappa shape index (κ3) is 2.31.